The maximum atomic E-state index is 11.9. The summed E-state index contributed by atoms with van der Waals surface area (Å²) in [5.74, 6) is 0.0526. The minimum Gasteiger partial charge on any atom is -0.383 e. The quantitative estimate of drug-likeness (QED) is 0.388. The molecule has 2 aromatic carbocycles. The highest BCUT2D eigenvalue weighted by molar-refractivity contribution is 7.98. The number of carbonyl (C=O) groups is 1. The standard InChI is InChI=1S/C22H27N3OS2/c1-15(2)28-25-21(26)11-12-23-18-8-4-5-9-19(18)24-13-17-14-27-20-10-6-7-16(3)22(17)20/h4-10,14-15,23-24H,11-13H2,1-3H3,(H,25,26). The molecule has 0 aliphatic heterocycles. The number of aryl methyl sites for hydroxylation is 1. The van der Waals surface area contributed by atoms with Gasteiger partial charge < -0.3 is 10.6 Å². The fourth-order valence-corrected chi connectivity index (χ4v) is 4.51. The summed E-state index contributed by atoms with van der Waals surface area (Å²) in [5, 5.41) is 10.9. The monoisotopic (exact) mass is 413 g/mol. The van der Waals surface area contributed by atoms with Crippen LogP contribution in [0.15, 0.2) is 47.8 Å². The summed E-state index contributed by atoms with van der Waals surface area (Å²) in [4.78, 5) is 11.9. The third-order valence-electron chi connectivity index (χ3n) is 4.36. The van der Waals surface area contributed by atoms with Crippen LogP contribution in [0.2, 0.25) is 0 Å². The zero-order valence-electron chi connectivity index (χ0n) is 16.5. The number of amides is 1. The highest BCUT2D eigenvalue weighted by Gasteiger charge is 2.08. The van der Waals surface area contributed by atoms with Gasteiger partial charge in [-0.05, 0) is 53.6 Å². The van der Waals surface area contributed by atoms with Gasteiger partial charge in [-0.15, -0.1) is 11.3 Å². The Bertz CT molecular complexity index is 936. The molecule has 3 aromatic rings. The van der Waals surface area contributed by atoms with Crippen molar-refractivity contribution in [3.05, 3.63) is 59.0 Å². The second-order valence-corrected chi connectivity index (χ2v) is 9.27. The number of benzene rings is 2. The Morgan fingerprint density at radius 3 is 2.57 bits per heavy atom. The minimum atomic E-state index is 0.0526. The van der Waals surface area contributed by atoms with Crippen molar-refractivity contribution in [1.82, 2.24) is 4.72 Å². The first-order valence-corrected chi connectivity index (χ1v) is 11.3. The van der Waals surface area contributed by atoms with E-state index in [9.17, 15) is 4.79 Å². The molecular formula is C22H27N3OS2. The van der Waals surface area contributed by atoms with Gasteiger partial charge in [-0.2, -0.15) is 0 Å². The molecule has 6 heteroatoms. The number of rotatable bonds is 9. The minimum absolute atomic E-state index is 0.0526. The number of thiophene rings is 1. The molecule has 0 aliphatic carbocycles. The van der Waals surface area contributed by atoms with Crippen LogP contribution in [0.1, 0.15) is 31.4 Å². The molecule has 0 atom stereocenters. The van der Waals surface area contributed by atoms with Crippen LogP contribution in [0.25, 0.3) is 10.1 Å². The van der Waals surface area contributed by atoms with Gasteiger partial charge in [0.2, 0.25) is 5.91 Å². The van der Waals surface area contributed by atoms with Crippen molar-refractivity contribution in [3.8, 4) is 0 Å². The number of carbonyl (C=O) groups excluding carboxylic acids is 1. The van der Waals surface area contributed by atoms with Crippen LogP contribution in [-0.4, -0.2) is 17.7 Å². The fourth-order valence-electron chi connectivity index (χ4n) is 3.00. The van der Waals surface area contributed by atoms with E-state index in [1.807, 2.05) is 18.2 Å². The van der Waals surface area contributed by atoms with Crippen LogP contribution in [-0.2, 0) is 11.3 Å². The molecule has 1 heterocycles. The number of fused-ring (bicyclic) bond motifs is 1. The Balaban J connectivity index is 1.59. The summed E-state index contributed by atoms with van der Waals surface area (Å²) in [6.45, 7) is 7.65. The molecule has 0 spiro atoms. The Morgan fingerprint density at radius 1 is 1.07 bits per heavy atom. The molecule has 1 amide bonds. The van der Waals surface area contributed by atoms with Crippen molar-refractivity contribution in [2.45, 2.75) is 39.0 Å². The van der Waals surface area contributed by atoms with E-state index in [-0.39, 0.29) is 5.91 Å². The van der Waals surface area contributed by atoms with Crippen molar-refractivity contribution in [2.24, 2.45) is 0 Å². The third kappa shape index (κ3) is 5.42. The maximum absolute atomic E-state index is 11.9. The van der Waals surface area contributed by atoms with Gasteiger partial charge in [0.05, 0.1) is 11.4 Å². The number of nitrogens with one attached hydrogen (secondary N) is 3. The van der Waals surface area contributed by atoms with Gasteiger partial charge in [0.15, 0.2) is 0 Å². The molecule has 3 N–H and O–H groups in total. The van der Waals surface area contributed by atoms with Gasteiger partial charge in [-0.3, -0.25) is 9.52 Å². The Kier molecular flexibility index (Phi) is 7.23. The average molecular weight is 414 g/mol. The zero-order chi connectivity index (χ0) is 19.9. The van der Waals surface area contributed by atoms with E-state index in [2.05, 4.69) is 65.8 Å². The van der Waals surface area contributed by atoms with Crippen molar-refractivity contribution < 1.29 is 4.79 Å². The fraction of sp³-hybridized carbons (Fsp3) is 0.318. The lowest BCUT2D eigenvalue weighted by Gasteiger charge is -2.14. The highest BCUT2D eigenvalue weighted by atomic mass is 32.2. The summed E-state index contributed by atoms with van der Waals surface area (Å²) < 4.78 is 4.20. The molecule has 4 nitrogen and oxygen atoms in total. The largest absolute Gasteiger partial charge is 0.383 e. The van der Waals surface area contributed by atoms with E-state index in [4.69, 9.17) is 0 Å². The average Bonchev–Trinajstić information content (AvgIpc) is 3.10. The van der Waals surface area contributed by atoms with E-state index in [1.54, 1.807) is 11.3 Å². The summed E-state index contributed by atoms with van der Waals surface area (Å²) in [7, 11) is 0. The predicted octanol–water partition coefficient (Wildman–Crippen LogP) is 5.80. The molecule has 148 valence electrons. The first kappa shape index (κ1) is 20.6. The van der Waals surface area contributed by atoms with E-state index in [0.29, 0.717) is 18.2 Å². The highest BCUT2D eigenvalue weighted by Crippen LogP contribution is 2.30. The number of hydrogen-bond donors (Lipinski definition) is 3. The summed E-state index contributed by atoms with van der Waals surface area (Å²) in [6.07, 6.45) is 0.447. The summed E-state index contributed by atoms with van der Waals surface area (Å²) >= 11 is 3.25. The second kappa shape index (κ2) is 9.85. The van der Waals surface area contributed by atoms with Crippen LogP contribution in [0, 0.1) is 6.92 Å². The van der Waals surface area contributed by atoms with Crippen LogP contribution in [0.3, 0.4) is 0 Å². The second-order valence-electron chi connectivity index (χ2n) is 6.98. The van der Waals surface area contributed by atoms with Crippen LogP contribution >= 0.6 is 23.3 Å². The summed E-state index contributed by atoms with van der Waals surface area (Å²) in [5.41, 5.74) is 4.70. The van der Waals surface area contributed by atoms with E-state index < -0.39 is 0 Å². The Morgan fingerprint density at radius 2 is 1.82 bits per heavy atom. The molecule has 1 aromatic heterocycles. The van der Waals surface area contributed by atoms with E-state index in [0.717, 1.165) is 17.9 Å². The normalized spacial score (nSPS) is 11.0. The third-order valence-corrected chi connectivity index (χ3v) is 6.17. The molecule has 28 heavy (non-hydrogen) atoms. The van der Waals surface area contributed by atoms with Gasteiger partial charge in [0, 0.05) is 34.8 Å². The molecule has 0 aliphatic rings. The maximum Gasteiger partial charge on any atom is 0.231 e. The Labute approximate surface area is 175 Å². The summed E-state index contributed by atoms with van der Waals surface area (Å²) in [6, 6.07) is 14.6. The predicted molar refractivity (Wildman–Crippen MR) is 124 cm³/mol. The smallest absolute Gasteiger partial charge is 0.231 e. The van der Waals surface area contributed by atoms with Crippen LogP contribution in [0.5, 0.6) is 0 Å². The molecule has 0 bridgehead atoms. The van der Waals surface area contributed by atoms with Gasteiger partial charge in [-0.25, -0.2) is 0 Å². The van der Waals surface area contributed by atoms with Gasteiger partial charge in [-0.1, -0.05) is 38.1 Å². The van der Waals surface area contributed by atoms with Crippen molar-refractivity contribution in [2.75, 3.05) is 17.2 Å². The van der Waals surface area contributed by atoms with Crippen molar-refractivity contribution >= 4 is 50.7 Å². The number of para-hydroxylation sites is 2. The van der Waals surface area contributed by atoms with E-state index >= 15 is 0 Å². The molecule has 3 rings (SSSR count). The number of anilines is 2. The zero-order valence-corrected chi connectivity index (χ0v) is 18.2. The SMILES string of the molecule is Cc1cccc2scc(CNc3ccccc3NCCC(=O)NSC(C)C)c12. The van der Waals surface area contributed by atoms with E-state index in [1.165, 1.54) is 33.2 Å². The van der Waals surface area contributed by atoms with Crippen molar-refractivity contribution in [1.29, 1.82) is 0 Å². The molecule has 0 radical (unpaired) electrons. The molecule has 0 unspecified atom stereocenters. The van der Waals surface area contributed by atoms with Gasteiger partial charge >= 0.3 is 0 Å². The van der Waals surface area contributed by atoms with Gasteiger partial charge in [0.1, 0.15) is 0 Å². The molecule has 0 fully saturated rings. The van der Waals surface area contributed by atoms with Crippen LogP contribution in [0.4, 0.5) is 11.4 Å². The molecule has 0 saturated carbocycles. The molecule has 0 saturated heterocycles. The van der Waals surface area contributed by atoms with Crippen LogP contribution < -0.4 is 15.4 Å². The van der Waals surface area contributed by atoms with Gasteiger partial charge in [0.25, 0.3) is 0 Å². The lowest BCUT2D eigenvalue weighted by molar-refractivity contribution is -0.118. The Hall–Kier alpha value is -2.18. The molecular weight excluding hydrogens is 386 g/mol. The first-order chi connectivity index (χ1) is 13.5. The lowest BCUT2D eigenvalue weighted by atomic mass is 10.1. The van der Waals surface area contributed by atoms with Crippen molar-refractivity contribution in [3.63, 3.8) is 0 Å². The first-order valence-electron chi connectivity index (χ1n) is 9.51. The topological polar surface area (TPSA) is 53.2 Å². The lowest BCUT2D eigenvalue weighted by Crippen LogP contribution is -2.21. The number of hydrogen-bond acceptors (Lipinski definition) is 5.